The third kappa shape index (κ3) is 3.57. The average Bonchev–Trinajstić information content (AvgIpc) is 2.88. The van der Waals surface area contributed by atoms with Crippen LogP contribution in [-0.4, -0.2) is 15.6 Å². The van der Waals surface area contributed by atoms with Crippen molar-refractivity contribution in [1.82, 2.24) is 4.57 Å². The molecule has 0 aliphatic rings. The van der Waals surface area contributed by atoms with Crippen LogP contribution in [0.5, 0.6) is 0 Å². The number of hydrogen-bond acceptors (Lipinski definition) is 1. The highest BCUT2D eigenvalue weighted by atomic mass is 35.5. The van der Waals surface area contributed by atoms with Gasteiger partial charge in [-0.15, -0.1) is 0 Å². The summed E-state index contributed by atoms with van der Waals surface area (Å²) in [5.74, 6) is -0.746. The SMILES string of the molecule is O=C(O)CCCc1cn(Cc2ccccc2Cl)c2ccccc12. The zero-order valence-corrected chi connectivity index (χ0v) is 13.5. The molecule has 4 heteroatoms. The second-order valence-corrected chi connectivity index (χ2v) is 6.05. The van der Waals surface area contributed by atoms with Crippen molar-refractivity contribution in [2.24, 2.45) is 0 Å². The third-order valence-electron chi connectivity index (χ3n) is 4.01. The van der Waals surface area contributed by atoms with Crippen molar-refractivity contribution in [2.45, 2.75) is 25.8 Å². The van der Waals surface area contributed by atoms with Crippen LogP contribution in [0, 0.1) is 0 Å². The topological polar surface area (TPSA) is 42.2 Å². The Labute approximate surface area is 140 Å². The van der Waals surface area contributed by atoms with Crippen LogP contribution >= 0.6 is 11.6 Å². The van der Waals surface area contributed by atoms with Gasteiger partial charge in [-0.25, -0.2) is 0 Å². The fourth-order valence-electron chi connectivity index (χ4n) is 2.89. The number of benzene rings is 2. The van der Waals surface area contributed by atoms with E-state index in [4.69, 9.17) is 16.7 Å². The van der Waals surface area contributed by atoms with Crippen molar-refractivity contribution in [3.63, 3.8) is 0 Å². The molecule has 23 heavy (non-hydrogen) atoms. The number of nitrogens with zero attached hydrogens (tertiary/aromatic N) is 1. The lowest BCUT2D eigenvalue weighted by Crippen LogP contribution is -1.98. The van der Waals surface area contributed by atoms with E-state index in [9.17, 15) is 4.79 Å². The minimum Gasteiger partial charge on any atom is -0.481 e. The molecule has 0 saturated carbocycles. The Morgan fingerprint density at radius 2 is 1.78 bits per heavy atom. The summed E-state index contributed by atoms with van der Waals surface area (Å²) in [7, 11) is 0. The molecule has 118 valence electrons. The predicted molar refractivity (Wildman–Crippen MR) is 93.1 cm³/mol. The molecule has 3 aromatic rings. The highest BCUT2D eigenvalue weighted by Gasteiger charge is 2.10. The van der Waals surface area contributed by atoms with Crippen molar-refractivity contribution in [3.8, 4) is 0 Å². The fraction of sp³-hybridized carbons (Fsp3) is 0.211. The molecule has 3 nitrogen and oxygen atoms in total. The molecule has 0 fully saturated rings. The Morgan fingerprint density at radius 1 is 1.04 bits per heavy atom. The summed E-state index contributed by atoms with van der Waals surface area (Å²) < 4.78 is 2.19. The molecule has 1 aromatic heterocycles. The van der Waals surface area contributed by atoms with E-state index < -0.39 is 5.97 Å². The first kappa shape index (κ1) is 15.6. The summed E-state index contributed by atoms with van der Waals surface area (Å²) in [5.41, 5.74) is 3.42. The van der Waals surface area contributed by atoms with E-state index in [0.717, 1.165) is 22.5 Å². The molecule has 0 aliphatic carbocycles. The van der Waals surface area contributed by atoms with Gasteiger partial charge < -0.3 is 9.67 Å². The molecular weight excluding hydrogens is 310 g/mol. The lowest BCUT2D eigenvalue weighted by Gasteiger charge is -2.07. The number of rotatable bonds is 6. The molecule has 0 radical (unpaired) electrons. The molecule has 0 aliphatic heterocycles. The van der Waals surface area contributed by atoms with Gasteiger partial charge in [0.15, 0.2) is 0 Å². The molecular formula is C19H18ClNO2. The van der Waals surface area contributed by atoms with Crippen molar-refractivity contribution in [3.05, 3.63) is 70.9 Å². The minimum atomic E-state index is -0.746. The average molecular weight is 328 g/mol. The molecule has 0 saturated heterocycles. The number of carboxylic acids is 1. The molecule has 0 amide bonds. The van der Waals surface area contributed by atoms with Crippen LogP contribution in [0.1, 0.15) is 24.0 Å². The van der Waals surface area contributed by atoms with Crippen molar-refractivity contribution >= 4 is 28.5 Å². The zero-order chi connectivity index (χ0) is 16.2. The number of aromatic nitrogens is 1. The molecule has 0 bridgehead atoms. The maximum atomic E-state index is 10.7. The number of fused-ring (bicyclic) bond motifs is 1. The maximum Gasteiger partial charge on any atom is 0.303 e. The summed E-state index contributed by atoms with van der Waals surface area (Å²) in [6.07, 6.45) is 3.73. The Balaban J connectivity index is 1.91. The zero-order valence-electron chi connectivity index (χ0n) is 12.7. The standard InChI is InChI=1S/C19H18ClNO2/c20-17-9-3-1-6-15(17)13-21-12-14(7-5-11-19(22)23)16-8-2-4-10-18(16)21/h1-4,6,8-10,12H,5,7,11,13H2,(H,22,23). The molecule has 2 aromatic carbocycles. The van der Waals surface area contributed by atoms with Gasteiger partial charge in [0, 0.05) is 35.1 Å². The summed E-state index contributed by atoms with van der Waals surface area (Å²) in [6, 6.07) is 16.1. The first-order valence-corrected chi connectivity index (χ1v) is 8.05. The smallest absolute Gasteiger partial charge is 0.303 e. The fourth-order valence-corrected chi connectivity index (χ4v) is 3.09. The summed E-state index contributed by atoms with van der Waals surface area (Å²) in [5, 5.41) is 10.8. The molecule has 1 N–H and O–H groups in total. The number of para-hydroxylation sites is 1. The molecule has 0 atom stereocenters. The number of carbonyl (C=O) groups is 1. The lowest BCUT2D eigenvalue weighted by atomic mass is 10.1. The highest BCUT2D eigenvalue weighted by molar-refractivity contribution is 6.31. The van der Waals surface area contributed by atoms with Gasteiger partial charge in [-0.2, -0.15) is 0 Å². The molecule has 1 heterocycles. The van der Waals surface area contributed by atoms with Gasteiger partial charge >= 0.3 is 5.97 Å². The van der Waals surface area contributed by atoms with E-state index in [1.165, 1.54) is 10.9 Å². The predicted octanol–water partition coefficient (Wildman–Crippen LogP) is 4.75. The van der Waals surface area contributed by atoms with E-state index in [1.807, 2.05) is 36.4 Å². The number of aryl methyl sites for hydroxylation is 1. The van der Waals surface area contributed by atoms with Gasteiger partial charge in [0.25, 0.3) is 0 Å². The first-order valence-electron chi connectivity index (χ1n) is 7.67. The van der Waals surface area contributed by atoms with Crippen molar-refractivity contribution < 1.29 is 9.90 Å². The van der Waals surface area contributed by atoms with Crippen molar-refractivity contribution in [1.29, 1.82) is 0 Å². The number of aliphatic carboxylic acids is 1. The molecule has 0 unspecified atom stereocenters. The molecule has 3 rings (SSSR count). The first-order chi connectivity index (χ1) is 11.1. The summed E-state index contributed by atoms with van der Waals surface area (Å²) >= 11 is 6.27. The maximum absolute atomic E-state index is 10.7. The Morgan fingerprint density at radius 3 is 2.57 bits per heavy atom. The Bertz CT molecular complexity index is 838. The largest absolute Gasteiger partial charge is 0.481 e. The van der Waals surface area contributed by atoms with Crippen LogP contribution < -0.4 is 0 Å². The van der Waals surface area contributed by atoms with Crippen LogP contribution in [0.3, 0.4) is 0 Å². The monoisotopic (exact) mass is 327 g/mol. The van der Waals surface area contributed by atoms with Gasteiger partial charge in [0.1, 0.15) is 0 Å². The third-order valence-corrected chi connectivity index (χ3v) is 4.38. The van der Waals surface area contributed by atoms with E-state index in [2.05, 4.69) is 22.9 Å². The highest BCUT2D eigenvalue weighted by Crippen LogP contribution is 2.25. The van der Waals surface area contributed by atoms with E-state index in [1.54, 1.807) is 0 Å². The Kier molecular flexibility index (Phi) is 4.68. The Hall–Kier alpha value is -2.26. The minimum absolute atomic E-state index is 0.198. The van der Waals surface area contributed by atoms with E-state index >= 15 is 0 Å². The second-order valence-electron chi connectivity index (χ2n) is 5.64. The van der Waals surface area contributed by atoms with Gasteiger partial charge in [-0.05, 0) is 36.1 Å². The van der Waals surface area contributed by atoms with Gasteiger partial charge in [0.05, 0.1) is 0 Å². The van der Waals surface area contributed by atoms with Crippen LogP contribution in [0.15, 0.2) is 54.7 Å². The van der Waals surface area contributed by atoms with Crippen LogP contribution in [0.2, 0.25) is 5.02 Å². The van der Waals surface area contributed by atoms with Crippen molar-refractivity contribution in [2.75, 3.05) is 0 Å². The number of halogens is 1. The molecule has 0 spiro atoms. The quantitative estimate of drug-likeness (QED) is 0.710. The van der Waals surface area contributed by atoms with Crippen LogP contribution in [-0.2, 0) is 17.8 Å². The van der Waals surface area contributed by atoms with Gasteiger partial charge in [-0.1, -0.05) is 48.0 Å². The summed E-state index contributed by atoms with van der Waals surface area (Å²) in [6.45, 7) is 0.707. The van der Waals surface area contributed by atoms with Gasteiger partial charge in [0.2, 0.25) is 0 Å². The number of hydrogen-bond donors (Lipinski definition) is 1. The normalized spacial score (nSPS) is 11.0. The van der Waals surface area contributed by atoms with Gasteiger partial charge in [-0.3, -0.25) is 4.79 Å². The van der Waals surface area contributed by atoms with E-state index in [-0.39, 0.29) is 6.42 Å². The van der Waals surface area contributed by atoms with Crippen LogP contribution in [0.4, 0.5) is 0 Å². The second kappa shape index (κ2) is 6.88. The summed E-state index contributed by atoms with van der Waals surface area (Å²) in [4.78, 5) is 10.7. The van der Waals surface area contributed by atoms with E-state index in [0.29, 0.717) is 13.0 Å². The van der Waals surface area contributed by atoms with Crippen LogP contribution in [0.25, 0.3) is 10.9 Å². The number of carboxylic acid groups (broad SMARTS) is 1. The lowest BCUT2D eigenvalue weighted by molar-refractivity contribution is -0.137.